The fourth-order valence-corrected chi connectivity index (χ4v) is 3.89. The summed E-state index contributed by atoms with van der Waals surface area (Å²) >= 11 is 1.36. The number of nitrogens with one attached hydrogen (secondary N) is 1. The molecule has 29 heavy (non-hydrogen) atoms. The Bertz CT molecular complexity index is 895. The van der Waals surface area contributed by atoms with E-state index in [1.165, 1.54) is 18.7 Å². The lowest BCUT2D eigenvalue weighted by Gasteiger charge is -2.12. The summed E-state index contributed by atoms with van der Waals surface area (Å²) in [5, 5.41) is 3.87. The molecule has 9 heteroatoms. The van der Waals surface area contributed by atoms with Crippen molar-refractivity contribution in [2.45, 2.75) is 53.4 Å². The molecule has 0 aliphatic carbocycles. The van der Waals surface area contributed by atoms with Crippen LogP contribution in [0.15, 0.2) is 4.52 Å². The quantitative estimate of drug-likeness (QED) is 0.483. The molecular formula is C20H26N2O6S. The summed E-state index contributed by atoms with van der Waals surface area (Å²) in [5.41, 5.74) is 3.36. The van der Waals surface area contributed by atoms with Crippen molar-refractivity contribution in [3.63, 3.8) is 0 Å². The highest BCUT2D eigenvalue weighted by Crippen LogP contribution is 2.22. The summed E-state index contributed by atoms with van der Waals surface area (Å²) < 4.78 is 15.4. The molecule has 1 N–H and O–H groups in total. The molecule has 0 aliphatic rings. The van der Waals surface area contributed by atoms with Gasteiger partial charge in [-0.15, -0.1) is 11.8 Å². The van der Waals surface area contributed by atoms with Gasteiger partial charge in [-0.1, -0.05) is 5.16 Å². The molecule has 0 bridgehead atoms. The first-order valence-electron chi connectivity index (χ1n) is 9.26. The second-order valence-electron chi connectivity index (χ2n) is 6.64. The maximum atomic E-state index is 12.7. The van der Waals surface area contributed by atoms with Gasteiger partial charge in [0.05, 0.1) is 29.3 Å². The summed E-state index contributed by atoms with van der Waals surface area (Å²) in [6, 6.07) is 0. The average molecular weight is 423 g/mol. The van der Waals surface area contributed by atoms with E-state index < -0.39 is 23.8 Å². The van der Waals surface area contributed by atoms with Gasteiger partial charge in [0.2, 0.25) is 5.78 Å². The summed E-state index contributed by atoms with van der Waals surface area (Å²) in [4.78, 5) is 39.8. The van der Waals surface area contributed by atoms with Gasteiger partial charge in [0.15, 0.2) is 6.10 Å². The number of H-pyrrole nitrogens is 1. The van der Waals surface area contributed by atoms with Gasteiger partial charge in [0, 0.05) is 17.0 Å². The minimum Gasteiger partial charge on any atom is -0.462 e. The Morgan fingerprint density at radius 2 is 1.90 bits per heavy atom. The summed E-state index contributed by atoms with van der Waals surface area (Å²) in [6.07, 6.45) is -0.978. The zero-order chi connectivity index (χ0) is 21.7. The van der Waals surface area contributed by atoms with E-state index in [0.717, 1.165) is 17.0 Å². The lowest BCUT2D eigenvalue weighted by molar-refractivity contribution is -0.143. The van der Waals surface area contributed by atoms with E-state index in [-0.39, 0.29) is 18.1 Å². The molecule has 0 radical (unpaired) electrons. The Labute approximate surface area is 173 Å². The highest BCUT2D eigenvalue weighted by molar-refractivity contribution is 7.99. The molecule has 1 atom stereocenters. The molecule has 0 unspecified atom stereocenters. The molecular weight excluding hydrogens is 396 g/mol. The molecule has 0 aromatic carbocycles. The number of ether oxygens (including phenoxy) is 2. The van der Waals surface area contributed by atoms with Crippen molar-refractivity contribution in [1.82, 2.24) is 10.1 Å². The van der Waals surface area contributed by atoms with E-state index >= 15 is 0 Å². The first kappa shape index (κ1) is 22.7. The smallest absolute Gasteiger partial charge is 0.340 e. The summed E-state index contributed by atoms with van der Waals surface area (Å²) in [6.45, 7) is 10.5. The molecule has 2 aromatic heterocycles. The predicted octanol–water partition coefficient (Wildman–Crippen LogP) is 3.46. The van der Waals surface area contributed by atoms with Crippen LogP contribution in [0, 0.1) is 27.7 Å². The number of aromatic amines is 1. The van der Waals surface area contributed by atoms with Crippen LogP contribution in [0.1, 0.15) is 63.0 Å². The van der Waals surface area contributed by atoms with E-state index in [1.807, 2.05) is 13.8 Å². The number of aromatic nitrogens is 2. The van der Waals surface area contributed by atoms with Crippen LogP contribution < -0.4 is 0 Å². The Morgan fingerprint density at radius 1 is 1.21 bits per heavy atom. The van der Waals surface area contributed by atoms with E-state index in [0.29, 0.717) is 22.6 Å². The van der Waals surface area contributed by atoms with E-state index in [1.54, 1.807) is 20.8 Å². The number of thioether (sulfide) groups is 1. The molecule has 0 spiro atoms. The molecule has 2 aromatic rings. The number of ketones is 1. The first-order valence-corrected chi connectivity index (χ1v) is 10.4. The van der Waals surface area contributed by atoms with Crippen molar-refractivity contribution in [2.24, 2.45) is 0 Å². The van der Waals surface area contributed by atoms with E-state index in [2.05, 4.69) is 10.1 Å². The van der Waals surface area contributed by atoms with Crippen molar-refractivity contribution in [2.75, 3.05) is 12.4 Å². The number of esters is 2. The van der Waals surface area contributed by atoms with Gasteiger partial charge < -0.3 is 19.0 Å². The fraction of sp³-hybridized carbons (Fsp3) is 0.500. The lowest BCUT2D eigenvalue weighted by atomic mass is 10.1. The molecule has 2 rings (SSSR count). The third-order valence-corrected chi connectivity index (χ3v) is 5.42. The molecule has 0 saturated carbocycles. The van der Waals surface area contributed by atoms with Gasteiger partial charge in [-0.05, 0) is 47.1 Å². The van der Waals surface area contributed by atoms with Gasteiger partial charge >= 0.3 is 11.9 Å². The SMILES string of the molecule is CCOC(=O)c1c(C)[nH]c(C(=O)[C@@H](C)OC(=O)CSCc2c(C)noc2C)c1C. The third kappa shape index (κ3) is 5.29. The maximum absolute atomic E-state index is 12.7. The number of carbonyl (C=O) groups excluding carboxylic acids is 3. The number of hydrogen-bond donors (Lipinski definition) is 1. The van der Waals surface area contributed by atoms with Crippen LogP contribution in [0.2, 0.25) is 0 Å². The summed E-state index contributed by atoms with van der Waals surface area (Å²) in [7, 11) is 0. The lowest BCUT2D eigenvalue weighted by Crippen LogP contribution is -2.26. The van der Waals surface area contributed by atoms with Gasteiger partial charge in [-0.25, -0.2) is 4.79 Å². The minimum atomic E-state index is -0.978. The van der Waals surface area contributed by atoms with Crippen molar-refractivity contribution in [3.05, 3.63) is 39.5 Å². The standard InChI is InChI=1S/C20H26N2O6S/c1-7-26-20(25)17-10(2)18(21-12(17)4)19(24)14(6)27-16(23)9-29-8-15-11(3)22-28-13(15)5/h14,21H,7-9H2,1-6H3/t14-/m1/s1. The van der Waals surface area contributed by atoms with Crippen molar-refractivity contribution < 1.29 is 28.4 Å². The first-order chi connectivity index (χ1) is 13.7. The van der Waals surface area contributed by atoms with Crippen LogP contribution in [0.5, 0.6) is 0 Å². The number of Topliss-reactive ketones (excluding diaryl/α,β-unsaturated/α-hetero) is 1. The number of rotatable bonds is 9. The molecule has 0 aliphatic heterocycles. The summed E-state index contributed by atoms with van der Waals surface area (Å²) in [5.74, 6) is 0.00834. The highest BCUT2D eigenvalue weighted by atomic mass is 32.2. The van der Waals surface area contributed by atoms with E-state index in [9.17, 15) is 14.4 Å². The topological polar surface area (TPSA) is 111 Å². The van der Waals surface area contributed by atoms with Crippen LogP contribution in [0.25, 0.3) is 0 Å². The van der Waals surface area contributed by atoms with Gasteiger partial charge in [0.1, 0.15) is 5.76 Å². The zero-order valence-corrected chi connectivity index (χ0v) is 18.3. The number of aryl methyl sites for hydroxylation is 3. The third-order valence-electron chi connectivity index (χ3n) is 4.49. The molecule has 0 saturated heterocycles. The van der Waals surface area contributed by atoms with Crippen LogP contribution in [-0.4, -0.2) is 46.3 Å². The highest BCUT2D eigenvalue weighted by Gasteiger charge is 2.27. The monoisotopic (exact) mass is 422 g/mol. The predicted molar refractivity (Wildman–Crippen MR) is 108 cm³/mol. The Balaban J connectivity index is 1.95. The van der Waals surface area contributed by atoms with Gasteiger partial charge in [0.25, 0.3) is 0 Å². The van der Waals surface area contributed by atoms with Gasteiger partial charge in [-0.2, -0.15) is 0 Å². The van der Waals surface area contributed by atoms with Crippen LogP contribution in [-0.2, 0) is 20.0 Å². The second-order valence-corrected chi connectivity index (χ2v) is 7.62. The van der Waals surface area contributed by atoms with Crippen LogP contribution in [0.4, 0.5) is 0 Å². The van der Waals surface area contributed by atoms with Crippen LogP contribution in [0.3, 0.4) is 0 Å². The number of nitrogens with zero attached hydrogens (tertiary/aromatic N) is 1. The molecule has 0 fully saturated rings. The fourth-order valence-electron chi connectivity index (χ4n) is 2.94. The Kier molecular flexibility index (Phi) is 7.66. The minimum absolute atomic E-state index is 0.0957. The van der Waals surface area contributed by atoms with Crippen molar-refractivity contribution in [3.8, 4) is 0 Å². The normalized spacial score (nSPS) is 11.9. The molecule has 0 amide bonds. The van der Waals surface area contributed by atoms with Crippen molar-refractivity contribution in [1.29, 1.82) is 0 Å². The zero-order valence-electron chi connectivity index (χ0n) is 17.5. The second kappa shape index (κ2) is 9.78. The Morgan fingerprint density at radius 3 is 2.48 bits per heavy atom. The number of hydrogen-bond acceptors (Lipinski definition) is 8. The number of carbonyl (C=O) groups is 3. The van der Waals surface area contributed by atoms with Crippen molar-refractivity contribution >= 4 is 29.5 Å². The largest absolute Gasteiger partial charge is 0.462 e. The molecule has 158 valence electrons. The van der Waals surface area contributed by atoms with Gasteiger partial charge in [-0.3, -0.25) is 9.59 Å². The Hall–Kier alpha value is -2.55. The molecule has 8 nitrogen and oxygen atoms in total. The van der Waals surface area contributed by atoms with E-state index in [4.69, 9.17) is 14.0 Å². The maximum Gasteiger partial charge on any atom is 0.340 e. The molecule has 2 heterocycles. The average Bonchev–Trinajstić information content (AvgIpc) is 3.13. The van der Waals surface area contributed by atoms with Crippen LogP contribution >= 0.6 is 11.8 Å².